The van der Waals surface area contributed by atoms with E-state index in [4.69, 9.17) is 4.42 Å². The first kappa shape index (κ1) is 15.7. The first-order valence-corrected chi connectivity index (χ1v) is 9.14. The summed E-state index contributed by atoms with van der Waals surface area (Å²) in [6.07, 6.45) is 13.9. The minimum atomic E-state index is 0.0685. The van der Waals surface area contributed by atoms with Gasteiger partial charge in [-0.15, -0.1) is 0 Å². The topological polar surface area (TPSA) is 54.6 Å². The van der Waals surface area contributed by atoms with Crippen LogP contribution in [-0.2, 0) is 4.79 Å². The molecule has 0 atom stereocenters. The predicted molar refractivity (Wildman–Crippen MR) is 94.2 cm³/mol. The summed E-state index contributed by atoms with van der Waals surface area (Å²) in [5.41, 5.74) is 3.94. The maximum Gasteiger partial charge on any atom is 0.240 e. The SMILES string of the molecule is CC(C=NNC(=O)CC12CC3CC(CC(C3)C1)C2)=Cc1ccco1. The number of amides is 1. The molecule has 0 radical (unpaired) electrons. The Morgan fingerprint density at radius 1 is 1.29 bits per heavy atom. The molecule has 4 saturated carbocycles. The van der Waals surface area contributed by atoms with Crippen LogP contribution < -0.4 is 5.43 Å². The fourth-order valence-corrected chi connectivity index (χ4v) is 5.73. The van der Waals surface area contributed by atoms with Crippen molar-refractivity contribution < 1.29 is 9.21 Å². The van der Waals surface area contributed by atoms with E-state index in [-0.39, 0.29) is 11.3 Å². The number of carbonyl (C=O) groups excluding carboxylic acids is 1. The summed E-state index contributed by atoms with van der Waals surface area (Å²) >= 11 is 0. The molecular formula is C20H26N2O2. The number of rotatable bonds is 5. The van der Waals surface area contributed by atoms with Gasteiger partial charge in [0.25, 0.3) is 0 Å². The van der Waals surface area contributed by atoms with Crippen LogP contribution in [0.1, 0.15) is 57.6 Å². The van der Waals surface area contributed by atoms with E-state index < -0.39 is 0 Å². The normalized spacial score (nSPS) is 34.9. The lowest BCUT2D eigenvalue weighted by molar-refractivity contribution is -0.129. The van der Waals surface area contributed by atoms with E-state index >= 15 is 0 Å². The number of hydrogen-bond donors (Lipinski definition) is 1. The van der Waals surface area contributed by atoms with Crippen LogP contribution in [0.5, 0.6) is 0 Å². The highest BCUT2D eigenvalue weighted by Gasteiger charge is 2.51. The molecule has 1 aromatic heterocycles. The highest BCUT2D eigenvalue weighted by atomic mass is 16.3. The van der Waals surface area contributed by atoms with Crippen LogP contribution >= 0.6 is 0 Å². The van der Waals surface area contributed by atoms with Gasteiger partial charge in [-0.05, 0) is 92.4 Å². The molecule has 1 amide bonds. The first-order valence-electron chi connectivity index (χ1n) is 9.14. The molecule has 1 heterocycles. The molecule has 128 valence electrons. The minimum absolute atomic E-state index is 0.0685. The average molecular weight is 326 g/mol. The number of hydrazone groups is 1. The molecule has 4 heteroatoms. The Kier molecular flexibility index (Phi) is 4.07. The fourth-order valence-electron chi connectivity index (χ4n) is 5.73. The van der Waals surface area contributed by atoms with Crippen molar-refractivity contribution in [2.24, 2.45) is 28.3 Å². The van der Waals surface area contributed by atoms with Crippen molar-refractivity contribution >= 4 is 18.2 Å². The molecule has 24 heavy (non-hydrogen) atoms. The van der Waals surface area contributed by atoms with Gasteiger partial charge < -0.3 is 4.42 Å². The lowest BCUT2D eigenvalue weighted by Crippen LogP contribution is -2.47. The van der Waals surface area contributed by atoms with Gasteiger partial charge in [0.15, 0.2) is 0 Å². The van der Waals surface area contributed by atoms with Crippen LogP contribution in [0.4, 0.5) is 0 Å². The first-order chi connectivity index (χ1) is 11.6. The second kappa shape index (κ2) is 6.23. The molecule has 4 nitrogen and oxygen atoms in total. The van der Waals surface area contributed by atoms with Crippen LogP contribution in [0.15, 0.2) is 33.5 Å². The summed E-state index contributed by atoms with van der Waals surface area (Å²) in [6.45, 7) is 1.94. The maximum atomic E-state index is 12.4. The van der Waals surface area contributed by atoms with Crippen molar-refractivity contribution in [1.82, 2.24) is 5.43 Å². The Morgan fingerprint density at radius 2 is 1.96 bits per heavy atom. The molecule has 1 N–H and O–H groups in total. The molecule has 1 aromatic rings. The summed E-state index contributed by atoms with van der Waals surface area (Å²) in [5.74, 6) is 3.50. The summed E-state index contributed by atoms with van der Waals surface area (Å²) in [4.78, 5) is 12.4. The Bertz CT molecular complexity index is 622. The molecule has 0 aromatic carbocycles. The summed E-state index contributed by atoms with van der Waals surface area (Å²) in [7, 11) is 0. The monoisotopic (exact) mass is 326 g/mol. The molecule has 0 aliphatic heterocycles. The molecule has 4 bridgehead atoms. The van der Waals surface area contributed by atoms with Gasteiger partial charge in [-0.25, -0.2) is 5.43 Å². The van der Waals surface area contributed by atoms with Crippen molar-refractivity contribution in [2.45, 2.75) is 51.9 Å². The highest BCUT2D eigenvalue weighted by molar-refractivity contribution is 5.85. The lowest BCUT2D eigenvalue weighted by atomic mass is 9.49. The van der Waals surface area contributed by atoms with Gasteiger partial charge >= 0.3 is 0 Å². The van der Waals surface area contributed by atoms with Crippen molar-refractivity contribution in [3.8, 4) is 0 Å². The third-order valence-electron chi connectivity index (χ3n) is 6.07. The average Bonchev–Trinajstić information content (AvgIpc) is 2.97. The van der Waals surface area contributed by atoms with Gasteiger partial charge in [0.05, 0.1) is 12.5 Å². The zero-order valence-corrected chi connectivity index (χ0v) is 14.3. The molecule has 4 aliphatic carbocycles. The fraction of sp³-hybridized carbons (Fsp3) is 0.600. The van der Waals surface area contributed by atoms with Crippen LogP contribution in [0.25, 0.3) is 6.08 Å². The number of hydrogen-bond acceptors (Lipinski definition) is 3. The molecule has 4 fully saturated rings. The van der Waals surface area contributed by atoms with Gasteiger partial charge in [0.2, 0.25) is 5.91 Å². The zero-order valence-electron chi connectivity index (χ0n) is 14.3. The van der Waals surface area contributed by atoms with Crippen LogP contribution in [0.2, 0.25) is 0 Å². The van der Waals surface area contributed by atoms with E-state index in [1.165, 1.54) is 38.5 Å². The lowest BCUT2D eigenvalue weighted by Gasteiger charge is -2.56. The molecule has 0 saturated heterocycles. The van der Waals surface area contributed by atoms with Gasteiger partial charge in [0.1, 0.15) is 5.76 Å². The van der Waals surface area contributed by atoms with Crippen LogP contribution in [0.3, 0.4) is 0 Å². The zero-order chi connectivity index (χ0) is 16.6. The third kappa shape index (κ3) is 3.33. The minimum Gasteiger partial charge on any atom is -0.465 e. The van der Waals surface area contributed by atoms with E-state index in [0.717, 1.165) is 29.1 Å². The van der Waals surface area contributed by atoms with Crippen molar-refractivity contribution in [3.63, 3.8) is 0 Å². The van der Waals surface area contributed by atoms with Crippen molar-refractivity contribution in [3.05, 3.63) is 29.7 Å². The number of allylic oxidation sites excluding steroid dienone is 1. The number of furan rings is 1. The van der Waals surface area contributed by atoms with E-state index in [9.17, 15) is 4.79 Å². The summed E-state index contributed by atoms with van der Waals surface area (Å²) in [6, 6.07) is 3.74. The van der Waals surface area contributed by atoms with Gasteiger partial charge in [-0.3, -0.25) is 4.79 Å². The smallest absolute Gasteiger partial charge is 0.240 e. The van der Waals surface area contributed by atoms with E-state index in [1.807, 2.05) is 25.1 Å². The molecule has 0 unspecified atom stereocenters. The summed E-state index contributed by atoms with van der Waals surface area (Å²) in [5, 5.41) is 4.12. The van der Waals surface area contributed by atoms with E-state index in [1.54, 1.807) is 12.5 Å². The van der Waals surface area contributed by atoms with Gasteiger partial charge in [-0.1, -0.05) is 0 Å². The number of nitrogens with zero attached hydrogens (tertiary/aromatic N) is 1. The van der Waals surface area contributed by atoms with E-state index in [2.05, 4.69) is 10.5 Å². The second-order valence-corrected chi connectivity index (χ2v) is 8.29. The molecule has 4 aliphatic rings. The third-order valence-corrected chi connectivity index (χ3v) is 6.07. The van der Waals surface area contributed by atoms with Crippen molar-refractivity contribution in [1.29, 1.82) is 0 Å². The van der Waals surface area contributed by atoms with Crippen molar-refractivity contribution in [2.75, 3.05) is 0 Å². The molecule has 0 spiro atoms. The predicted octanol–water partition coefficient (Wildman–Crippen LogP) is 4.39. The summed E-state index contributed by atoms with van der Waals surface area (Å²) < 4.78 is 5.27. The van der Waals surface area contributed by atoms with Gasteiger partial charge in [-0.2, -0.15) is 5.10 Å². The Morgan fingerprint density at radius 3 is 2.54 bits per heavy atom. The van der Waals surface area contributed by atoms with Crippen LogP contribution in [-0.4, -0.2) is 12.1 Å². The Hall–Kier alpha value is -1.84. The maximum absolute atomic E-state index is 12.4. The highest BCUT2D eigenvalue weighted by Crippen LogP contribution is 2.61. The second-order valence-electron chi connectivity index (χ2n) is 8.29. The number of carbonyl (C=O) groups is 1. The Labute approximate surface area is 143 Å². The van der Waals surface area contributed by atoms with Crippen LogP contribution in [0, 0.1) is 23.2 Å². The number of nitrogens with one attached hydrogen (secondary N) is 1. The molecular weight excluding hydrogens is 300 g/mol. The standard InChI is InChI=1S/C20H26N2O2/c1-14(5-18-3-2-4-24-18)13-21-22-19(23)12-20-9-15-6-16(10-20)8-17(7-15)11-20/h2-5,13,15-17H,6-12H2,1H3,(H,22,23). The van der Waals surface area contributed by atoms with E-state index in [0.29, 0.717) is 6.42 Å². The molecule has 5 rings (SSSR count). The van der Waals surface area contributed by atoms with Gasteiger partial charge in [0, 0.05) is 6.42 Å². The largest absolute Gasteiger partial charge is 0.465 e. The quantitative estimate of drug-likeness (QED) is 0.644. The Balaban J connectivity index is 1.32.